The Bertz CT molecular complexity index is 452. The maximum atomic E-state index is 11.6. The third-order valence-electron chi connectivity index (χ3n) is 2.28. The van der Waals surface area contributed by atoms with Gasteiger partial charge in [-0.15, -0.1) is 12.4 Å². The van der Waals surface area contributed by atoms with Crippen LogP contribution >= 0.6 is 24.0 Å². The normalized spacial score (nSPS) is 11.3. The van der Waals surface area contributed by atoms with Crippen LogP contribution in [0.15, 0.2) is 18.2 Å². The Morgan fingerprint density at radius 2 is 2.06 bits per heavy atom. The van der Waals surface area contributed by atoms with E-state index >= 15 is 0 Å². The molecule has 1 rings (SSSR count). The molecule has 0 spiro atoms. The van der Waals surface area contributed by atoms with Gasteiger partial charge in [0.1, 0.15) is 0 Å². The van der Waals surface area contributed by atoms with Gasteiger partial charge in [0.2, 0.25) is 11.8 Å². The van der Waals surface area contributed by atoms with Gasteiger partial charge in [0.05, 0.1) is 12.5 Å². The summed E-state index contributed by atoms with van der Waals surface area (Å²) in [6.45, 7) is 1.78. The zero-order valence-electron chi connectivity index (χ0n) is 9.77. The summed E-state index contributed by atoms with van der Waals surface area (Å²) in [6.07, 6.45) is -0.189. The summed E-state index contributed by atoms with van der Waals surface area (Å²) in [7, 11) is 0. The maximum absolute atomic E-state index is 11.6. The number of carbonyl (C=O) groups is 2. The van der Waals surface area contributed by atoms with E-state index in [0.717, 1.165) is 5.56 Å². The van der Waals surface area contributed by atoms with E-state index in [1.807, 2.05) is 0 Å². The van der Waals surface area contributed by atoms with E-state index in [-0.39, 0.29) is 18.8 Å². The quantitative estimate of drug-likeness (QED) is 0.778. The van der Waals surface area contributed by atoms with E-state index in [4.69, 9.17) is 23.1 Å². The first kappa shape index (κ1) is 16.7. The lowest BCUT2D eigenvalue weighted by Crippen LogP contribution is -2.39. The number of nitrogens with one attached hydrogen (secondary N) is 1. The Morgan fingerprint density at radius 1 is 1.44 bits per heavy atom. The van der Waals surface area contributed by atoms with Gasteiger partial charge in [-0.2, -0.15) is 0 Å². The van der Waals surface area contributed by atoms with Crippen molar-refractivity contribution in [3.05, 3.63) is 28.8 Å². The summed E-state index contributed by atoms with van der Waals surface area (Å²) in [4.78, 5) is 22.3. The van der Waals surface area contributed by atoms with Crippen molar-refractivity contribution >= 4 is 41.5 Å². The van der Waals surface area contributed by atoms with Crippen molar-refractivity contribution in [3.8, 4) is 0 Å². The lowest BCUT2D eigenvalue weighted by Gasteiger charge is -2.13. The number of rotatable bonds is 4. The maximum Gasteiger partial charge on any atom is 0.241 e. The van der Waals surface area contributed by atoms with E-state index in [0.29, 0.717) is 10.7 Å². The molecule has 0 aliphatic carbocycles. The molecule has 1 aromatic rings. The number of anilines is 1. The third kappa shape index (κ3) is 4.52. The minimum Gasteiger partial charge on any atom is -0.370 e. The minimum absolute atomic E-state index is 0. The van der Waals surface area contributed by atoms with Crippen molar-refractivity contribution in [2.24, 2.45) is 11.5 Å². The van der Waals surface area contributed by atoms with E-state index in [1.54, 1.807) is 25.1 Å². The average Bonchev–Trinajstić information content (AvgIpc) is 2.23. The second-order valence-corrected chi connectivity index (χ2v) is 4.09. The number of amides is 2. The summed E-state index contributed by atoms with van der Waals surface area (Å²) in [5.74, 6) is -1.08. The Balaban J connectivity index is 0.00000289. The number of hydrogen-bond donors (Lipinski definition) is 3. The second kappa shape index (κ2) is 7.20. The predicted octanol–water partition coefficient (Wildman–Crippen LogP) is 1.21. The largest absolute Gasteiger partial charge is 0.370 e. The molecule has 5 nitrogen and oxygen atoms in total. The van der Waals surface area contributed by atoms with Crippen LogP contribution < -0.4 is 16.8 Å². The van der Waals surface area contributed by atoms with Crippen LogP contribution in [0.1, 0.15) is 12.0 Å². The molecule has 100 valence electrons. The molecule has 5 N–H and O–H groups in total. The van der Waals surface area contributed by atoms with Gasteiger partial charge >= 0.3 is 0 Å². The lowest BCUT2D eigenvalue weighted by atomic mass is 10.1. The second-order valence-electron chi connectivity index (χ2n) is 3.68. The highest BCUT2D eigenvalue weighted by molar-refractivity contribution is 6.31. The van der Waals surface area contributed by atoms with Crippen LogP contribution in [0.2, 0.25) is 5.02 Å². The SMILES string of the molecule is Cc1c(Cl)cccc1NC(=O)C(N)CC(N)=O.Cl. The Kier molecular flexibility index (Phi) is 6.68. The van der Waals surface area contributed by atoms with E-state index in [9.17, 15) is 9.59 Å². The minimum atomic E-state index is -0.953. The highest BCUT2D eigenvalue weighted by Crippen LogP contribution is 2.22. The molecule has 1 unspecified atom stereocenters. The number of nitrogens with two attached hydrogens (primary N) is 2. The van der Waals surface area contributed by atoms with Crippen LogP contribution in [0.3, 0.4) is 0 Å². The molecule has 7 heteroatoms. The van der Waals surface area contributed by atoms with Gasteiger partial charge in [-0.25, -0.2) is 0 Å². The highest BCUT2D eigenvalue weighted by atomic mass is 35.5. The molecule has 0 heterocycles. The predicted molar refractivity (Wildman–Crippen MR) is 73.9 cm³/mol. The van der Waals surface area contributed by atoms with Crippen LogP contribution in [-0.2, 0) is 9.59 Å². The summed E-state index contributed by atoms with van der Waals surface area (Å²) in [5.41, 5.74) is 11.8. The molecule has 1 aromatic carbocycles. The number of hydrogen-bond acceptors (Lipinski definition) is 3. The zero-order chi connectivity index (χ0) is 13.0. The first-order chi connectivity index (χ1) is 7.91. The van der Waals surface area contributed by atoms with Crippen molar-refractivity contribution in [2.45, 2.75) is 19.4 Å². The molecule has 0 fully saturated rings. The number of halogens is 2. The van der Waals surface area contributed by atoms with Crippen LogP contribution in [0.4, 0.5) is 5.69 Å². The van der Waals surface area contributed by atoms with Gasteiger partial charge in [-0.05, 0) is 24.6 Å². The first-order valence-electron chi connectivity index (χ1n) is 5.01. The monoisotopic (exact) mass is 291 g/mol. The third-order valence-corrected chi connectivity index (χ3v) is 2.69. The van der Waals surface area contributed by atoms with E-state index in [2.05, 4.69) is 5.32 Å². The summed E-state index contributed by atoms with van der Waals surface area (Å²) >= 11 is 5.90. The zero-order valence-corrected chi connectivity index (χ0v) is 11.3. The van der Waals surface area contributed by atoms with Gasteiger partial charge in [-0.3, -0.25) is 9.59 Å². The van der Waals surface area contributed by atoms with E-state index < -0.39 is 17.9 Å². The summed E-state index contributed by atoms with van der Waals surface area (Å²) in [5, 5.41) is 3.15. The van der Waals surface area contributed by atoms with Crippen molar-refractivity contribution in [1.82, 2.24) is 0 Å². The highest BCUT2D eigenvalue weighted by Gasteiger charge is 2.16. The molecule has 0 aliphatic heterocycles. The van der Waals surface area contributed by atoms with Gasteiger partial charge in [0.15, 0.2) is 0 Å². The Hall–Kier alpha value is -1.30. The van der Waals surface area contributed by atoms with Crippen LogP contribution in [0.5, 0.6) is 0 Å². The fourth-order valence-corrected chi connectivity index (χ4v) is 1.45. The average molecular weight is 292 g/mol. The first-order valence-corrected chi connectivity index (χ1v) is 5.39. The topological polar surface area (TPSA) is 98.2 Å². The van der Waals surface area contributed by atoms with Crippen LogP contribution in [0.25, 0.3) is 0 Å². The van der Waals surface area contributed by atoms with Gasteiger partial charge in [0, 0.05) is 10.7 Å². The molecule has 0 aliphatic rings. The molecule has 2 amide bonds. The Morgan fingerprint density at radius 3 is 2.61 bits per heavy atom. The smallest absolute Gasteiger partial charge is 0.241 e. The lowest BCUT2D eigenvalue weighted by molar-refractivity contribution is -0.123. The standard InChI is InChI=1S/C11H14ClN3O2.ClH/c1-6-7(12)3-2-4-9(6)15-11(17)8(13)5-10(14)16;/h2-4,8H,5,13H2,1H3,(H2,14,16)(H,15,17);1H. The van der Waals surface area contributed by atoms with Crippen molar-refractivity contribution in [3.63, 3.8) is 0 Å². The van der Waals surface area contributed by atoms with Gasteiger partial charge in [0.25, 0.3) is 0 Å². The summed E-state index contributed by atoms with van der Waals surface area (Å²) in [6, 6.07) is 4.18. The Labute approximate surface area is 116 Å². The molecule has 0 saturated heterocycles. The summed E-state index contributed by atoms with van der Waals surface area (Å²) < 4.78 is 0. The fraction of sp³-hybridized carbons (Fsp3) is 0.273. The van der Waals surface area contributed by atoms with Crippen molar-refractivity contribution in [2.75, 3.05) is 5.32 Å². The molecule has 0 aromatic heterocycles. The number of primary amides is 1. The number of carbonyl (C=O) groups excluding carboxylic acids is 2. The van der Waals surface area contributed by atoms with Crippen LogP contribution in [-0.4, -0.2) is 17.9 Å². The van der Waals surface area contributed by atoms with E-state index in [1.165, 1.54) is 0 Å². The fourth-order valence-electron chi connectivity index (χ4n) is 1.28. The molecule has 18 heavy (non-hydrogen) atoms. The molecule has 0 radical (unpaired) electrons. The molecular weight excluding hydrogens is 277 g/mol. The van der Waals surface area contributed by atoms with Gasteiger partial charge < -0.3 is 16.8 Å². The molecule has 0 bridgehead atoms. The van der Waals surface area contributed by atoms with Crippen LogP contribution in [0, 0.1) is 6.92 Å². The molecular formula is C11H15Cl2N3O2. The molecule has 0 saturated carbocycles. The molecule has 1 atom stereocenters. The van der Waals surface area contributed by atoms with Crippen molar-refractivity contribution < 1.29 is 9.59 Å². The van der Waals surface area contributed by atoms with Gasteiger partial charge in [-0.1, -0.05) is 17.7 Å². The number of benzene rings is 1. The van der Waals surface area contributed by atoms with Crippen molar-refractivity contribution in [1.29, 1.82) is 0 Å².